The normalized spacial score (nSPS) is 12.0. The maximum Gasteiger partial charge on any atom is 0.435 e. The summed E-state index contributed by atoms with van der Waals surface area (Å²) in [4.78, 5) is 14.6. The van der Waals surface area contributed by atoms with Crippen molar-refractivity contribution in [1.29, 1.82) is 0 Å². The third-order valence-electron chi connectivity index (χ3n) is 3.08. The summed E-state index contributed by atoms with van der Waals surface area (Å²) >= 11 is 0. The highest BCUT2D eigenvalue weighted by atomic mass is 19.4. The molecule has 4 nitrogen and oxygen atoms in total. The number of H-pyrrole nitrogens is 1. The summed E-state index contributed by atoms with van der Waals surface area (Å²) < 4.78 is 40.4. The zero-order valence-corrected chi connectivity index (χ0v) is 10.9. The van der Waals surface area contributed by atoms with Gasteiger partial charge in [-0.2, -0.15) is 22.8 Å². The Hall–Kier alpha value is -2.57. The maximum atomic E-state index is 13.2. The fraction of sp³-hybridized carbons (Fsp3) is 0.143. The van der Waals surface area contributed by atoms with Gasteiger partial charge in [0.1, 0.15) is 5.65 Å². The monoisotopic (exact) mass is 293 g/mol. The average Bonchev–Trinajstić information content (AvgIpc) is 2.79. The van der Waals surface area contributed by atoms with E-state index < -0.39 is 17.4 Å². The summed E-state index contributed by atoms with van der Waals surface area (Å²) in [5.74, 6) is 0. The standard InChI is InChI=1S/C14H10F3N3O/c1-8-7-10(21)20-13(18-8)11(9-5-3-2-4-6-9)12(19-20)14(15,16)17/h2-7,18H,1H3. The molecule has 0 atom stereocenters. The van der Waals surface area contributed by atoms with Crippen molar-refractivity contribution in [2.75, 3.05) is 0 Å². The highest BCUT2D eigenvalue weighted by Gasteiger charge is 2.39. The first-order valence-electron chi connectivity index (χ1n) is 6.13. The number of aromatic nitrogens is 3. The first kappa shape index (κ1) is 13.4. The number of rotatable bonds is 1. The summed E-state index contributed by atoms with van der Waals surface area (Å²) in [5.41, 5.74) is -0.941. The van der Waals surface area contributed by atoms with Crippen LogP contribution < -0.4 is 5.56 Å². The first-order chi connectivity index (χ1) is 9.88. The molecule has 108 valence electrons. The van der Waals surface area contributed by atoms with E-state index >= 15 is 0 Å². The van der Waals surface area contributed by atoms with Gasteiger partial charge in [-0.3, -0.25) is 4.79 Å². The van der Waals surface area contributed by atoms with Crippen molar-refractivity contribution in [3.8, 4) is 11.1 Å². The predicted octanol–water partition coefficient (Wildman–Crippen LogP) is 3.02. The van der Waals surface area contributed by atoms with Crippen LogP contribution in [0.2, 0.25) is 0 Å². The quantitative estimate of drug-likeness (QED) is 0.749. The molecule has 0 radical (unpaired) electrons. The van der Waals surface area contributed by atoms with Gasteiger partial charge in [0.05, 0.1) is 5.56 Å². The van der Waals surface area contributed by atoms with E-state index in [2.05, 4.69) is 10.1 Å². The molecule has 2 aromatic heterocycles. The molecule has 0 bridgehead atoms. The highest BCUT2D eigenvalue weighted by Crippen LogP contribution is 2.37. The largest absolute Gasteiger partial charge is 0.435 e. The number of nitrogens with one attached hydrogen (secondary N) is 1. The second kappa shape index (κ2) is 4.47. The lowest BCUT2D eigenvalue weighted by Crippen LogP contribution is -2.15. The molecule has 3 rings (SSSR count). The van der Waals surface area contributed by atoms with Crippen LogP contribution in [0.1, 0.15) is 11.4 Å². The number of aryl methyl sites for hydroxylation is 1. The van der Waals surface area contributed by atoms with E-state index in [-0.39, 0.29) is 11.2 Å². The summed E-state index contributed by atoms with van der Waals surface area (Å²) in [6.07, 6.45) is -4.65. The van der Waals surface area contributed by atoms with Crippen LogP contribution in [-0.4, -0.2) is 14.6 Å². The molecular formula is C14H10F3N3O. The van der Waals surface area contributed by atoms with E-state index in [1.54, 1.807) is 37.3 Å². The third kappa shape index (κ3) is 2.20. The molecule has 0 aliphatic heterocycles. The maximum absolute atomic E-state index is 13.2. The third-order valence-corrected chi connectivity index (χ3v) is 3.08. The van der Waals surface area contributed by atoms with Crippen LogP contribution in [0.15, 0.2) is 41.2 Å². The summed E-state index contributed by atoms with van der Waals surface area (Å²) in [6, 6.07) is 9.27. The zero-order valence-electron chi connectivity index (χ0n) is 10.9. The van der Waals surface area contributed by atoms with Gasteiger partial charge in [0.2, 0.25) is 0 Å². The van der Waals surface area contributed by atoms with Crippen molar-refractivity contribution in [2.45, 2.75) is 13.1 Å². The number of alkyl halides is 3. The van der Waals surface area contributed by atoms with Crippen LogP contribution in [0.25, 0.3) is 16.8 Å². The minimum absolute atomic E-state index is 0.0403. The molecule has 3 aromatic rings. The van der Waals surface area contributed by atoms with Gasteiger partial charge in [-0.25, -0.2) is 0 Å². The van der Waals surface area contributed by atoms with Gasteiger partial charge in [0.15, 0.2) is 5.69 Å². The van der Waals surface area contributed by atoms with E-state index in [0.29, 0.717) is 11.3 Å². The lowest BCUT2D eigenvalue weighted by Gasteiger charge is -2.06. The molecule has 0 spiro atoms. The van der Waals surface area contributed by atoms with Crippen molar-refractivity contribution in [2.24, 2.45) is 0 Å². The van der Waals surface area contributed by atoms with Crippen LogP contribution in [0.5, 0.6) is 0 Å². The van der Waals surface area contributed by atoms with Crippen molar-refractivity contribution in [3.05, 3.63) is 58.1 Å². The van der Waals surface area contributed by atoms with Gasteiger partial charge in [-0.1, -0.05) is 30.3 Å². The summed E-state index contributed by atoms with van der Waals surface area (Å²) in [7, 11) is 0. The fourth-order valence-corrected chi connectivity index (χ4v) is 2.24. The average molecular weight is 293 g/mol. The smallest absolute Gasteiger partial charge is 0.343 e. The van der Waals surface area contributed by atoms with E-state index in [9.17, 15) is 18.0 Å². The van der Waals surface area contributed by atoms with Gasteiger partial charge in [-0.05, 0) is 12.5 Å². The van der Waals surface area contributed by atoms with Gasteiger partial charge in [-0.15, -0.1) is 0 Å². The molecule has 0 saturated heterocycles. The van der Waals surface area contributed by atoms with E-state index in [1.165, 1.54) is 6.07 Å². The number of nitrogens with zero attached hydrogens (tertiary/aromatic N) is 2. The molecular weight excluding hydrogens is 283 g/mol. The van der Waals surface area contributed by atoms with Crippen molar-refractivity contribution in [3.63, 3.8) is 0 Å². The van der Waals surface area contributed by atoms with Crippen molar-refractivity contribution >= 4 is 5.65 Å². The Morgan fingerprint density at radius 2 is 1.86 bits per heavy atom. The Kier molecular flexibility index (Phi) is 2.86. The molecule has 0 aliphatic carbocycles. The van der Waals surface area contributed by atoms with Gasteiger partial charge in [0.25, 0.3) is 5.56 Å². The minimum Gasteiger partial charge on any atom is -0.343 e. The first-order valence-corrected chi connectivity index (χ1v) is 6.13. The number of aromatic amines is 1. The summed E-state index contributed by atoms with van der Waals surface area (Å²) in [5, 5.41) is 3.45. The second-order valence-electron chi connectivity index (χ2n) is 4.64. The van der Waals surface area contributed by atoms with Gasteiger partial charge >= 0.3 is 6.18 Å². The highest BCUT2D eigenvalue weighted by molar-refractivity contribution is 5.80. The van der Waals surface area contributed by atoms with Crippen LogP contribution in [0.4, 0.5) is 13.2 Å². The van der Waals surface area contributed by atoms with Crippen LogP contribution in [-0.2, 0) is 6.18 Å². The topological polar surface area (TPSA) is 50.2 Å². The minimum atomic E-state index is -4.65. The SMILES string of the molecule is Cc1cc(=O)n2nc(C(F)(F)F)c(-c3ccccc3)c2[nH]1. The van der Waals surface area contributed by atoms with Gasteiger partial charge in [0, 0.05) is 11.8 Å². The molecule has 7 heteroatoms. The number of hydrogen-bond acceptors (Lipinski definition) is 2. The second-order valence-corrected chi connectivity index (χ2v) is 4.64. The predicted molar refractivity (Wildman–Crippen MR) is 71.0 cm³/mol. The molecule has 1 N–H and O–H groups in total. The zero-order chi connectivity index (χ0) is 15.2. The lowest BCUT2D eigenvalue weighted by atomic mass is 10.1. The van der Waals surface area contributed by atoms with Crippen LogP contribution >= 0.6 is 0 Å². The molecule has 0 aliphatic rings. The molecule has 0 amide bonds. The van der Waals surface area contributed by atoms with Gasteiger partial charge < -0.3 is 4.98 Å². The molecule has 0 unspecified atom stereocenters. The summed E-state index contributed by atoms with van der Waals surface area (Å²) in [6.45, 7) is 1.61. The Morgan fingerprint density at radius 1 is 1.19 bits per heavy atom. The van der Waals surface area contributed by atoms with E-state index in [1.807, 2.05) is 0 Å². The van der Waals surface area contributed by atoms with E-state index in [4.69, 9.17) is 0 Å². The van der Waals surface area contributed by atoms with Crippen LogP contribution in [0.3, 0.4) is 0 Å². The molecule has 0 saturated carbocycles. The molecule has 2 heterocycles. The fourth-order valence-electron chi connectivity index (χ4n) is 2.24. The molecule has 0 fully saturated rings. The van der Waals surface area contributed by atoms with E-state index in [0.717, 1.165) is 4.52 Å². The Balaban J connectivity index is 2.47. The van der Waals surface area contributed by atoms with Crippen molar-refractivity contribution < 1.29 is 13.2 Å². The lowest BCUT2D eigenvalue weighted by molar-refractivity contribution is -0.140. The number of halogens is 3. The Morgan fingerprint density at radius 3 is 2.48 bits per heavy atom. The molecule has 21 heavy (non-hydrogen) atoms. The van der Waals surface area contributed by atoms with Crippen LogP contribution in [0, 0.1) is 6.92 Å². The Bertz CT molecular complexity index is 863. The van der Waals surface area contributed by atoms with Crippen molar-refractivity contribution in [1.82, 2.24) is 14.6 Å². The number of benzene rings is 1. The molecule has 1 aromatic carbocycles. The Labute approximate surface area is 116 Å². The number of fused-ring (bicyclic) bond motifs is 1. The number of hydrogen-bond donors (Lipinski definition) is 1.